The molecule has 0 radical (unpaired) electrons. The van der Waals surface area contributed by atoms with Crippen LogP contribution in [0.3, 0.4) is 0 Å². The number of ether oxygens (including phenoxy) is 1. The predicted molar refractivity (Wildman–Crippen MR) is 78.1 cm³/mol. The number of aromatic nitrogens is 2. The van der Waals surface area contributed by atoms with E-state index in [0.29, 0.717) is 11.9 Å². The predicted octanol–water partition coefficient (Wildman–Crippen LogP) is 3.80. The Morgan fingerprint density at radius 1 is 1.42 bits per heavy atom. The van der Waals surface area contributed by atoms with Gasteiger partial charge < -0.3 is 9.30 Å². The van der Waals surface area contributed by atoms with Crippen molar-refractivity contribution in [2.24, 2.45) is 5.92 Å². The van der Waals surface area contributed by atoms with Crippen LogP contribution >= 0.6 is 11.6 Å². The van der Waals surface area contributed by atoms with Gasteiger partial charge in [-0.15, -0.1) is 11.6 Å². The number of benzene rings is 1. The average Bonchev–Trinajstić information content (AvgIpc) is 2.72. The van der Waals surface area contributed by atoms with Crippen LogP contribution in [0.25, 0.3) is 11.0 Å². The van der Waals surface area contributed by atoms with Crippen molar-refractivity contribution in [1.29, 1.82) is 0 Å². The van der Waals surface area contributed by atoms with Gasteiger partial charge in [-0.2, -0.15) is 0 Å². The molecule has 0 unspecified atom stereocenters. The lowest BCUT2D eigenvalue weighted by Crippen LogP contribution is -2.26. The van der Waals surface area contributed by atoms with Crippen LogP contribution in [0, 0.1) is 5.92 Å². The summed E-state index contributed by atoms with van der Waals surface area (Å²) in [6.45, 7) is 2.30. The molecule has 4 heteroatoms. The number of hydrogen-bond acceptors (Lipinski definition) is 2. The van der Waals surface area contributed by atoms with Crippen LogP contribution in [0.1, 0.15) is 31.6 Å². The van der Waals surface area contributed by atoms with Crippen molar-refractivity contribution in [3.8, 4) is 5.75 Å². The SMILES string of the molecule is COc1ccc2nc(CCCl)n(C3CC(C)C3)c2c1. The van der Waals surface area contributed by atoms with Gasteiger partial charge in [0.1, 0.15) is 11.6 Å². The van der Waals surface area contributed by atoms with Gasteiger partial charge in [-0.3, -0.25) is 0 Å². The van der Waals surface area contributed by atoms with E-state index in [9.17, 15) is 0 Å². The van der Waals surface area contributed by atoms with Crippen LogP contribution in [0.2, 0.25) is 0 Å². The Balaban J connectivity index is 2.10. The molecule has 0 aliphatic heterocycles. The van der Waals surface area contributed by atoms with Crippen molar-refractivity contribution < 1.29 is 4.74 Å². The molecular formula is C15H19ClN2O. The Bertz CT molecular complexity index is 587. The van der Waals surface area contributed by atoms with Crippen molar-refractivity contribution in [3.05, 3.63) is 24.0 Å². The molecule has 1 aromatic heterocycles. The topological polar surface area (TPSA) is 27.1 Å². The van der Waals surface area contributed by atoms with Crippen LogP contribution in [0.4, 0.5) is 0 Å². The summed E-state index contributed by atoms with van der Waals surface area (Å²) in [7, 11) is 1.70. The fraction of sp³-hybridized carbons (Fsp3) is 0.533. The Hall–Kier alpha value is -1.22. The fourth-order valence-corrected chi connectivity index (χ4v) is 3.16. The lowest BCUT2D eigenvalue weighted by molar-refractivity contribution is 0.217. The molecule has 19 heavy (non-hydrogen) atoms. The van der Waals surface area contributed by atoms with E-state index in [0.717, 1.165) is 29.4 Å². The summed E-state index contributed by atoms with van der Waals surface area (Å²) in [5.74, 6) is 3.42. The van der Waals surface area contributed by atoms with Crippen LogP contribution in [0.15, 0.2) is 18.2 Å². The van der Waals surface area contributed by atoms with E-state index in [-0.39, 0.29) is 0 Å². The molecule has 0 saturated heterocycles. The first-order valence-corrected chi connectivity index (χ1v) is 7.37. The highest BCUT2D eigenvalue weighted by Gasteiger charge is 2.29. The van der Waals surface area contributed by atoms with Crippen molar-refractivity contribution in [3.63, 3.8) is 0 Å². The van der Waals surface area contributed by atoms with Gasteiger partial charge in [0, 0.05) is 24.4 Å². The maximum Gasteiger partial charge on any atom is 0.121 e. The Morgan fingerprint density at radius 3 is 2.84 bits per heavy atom. The van der Waals surface area contributed by atoms with Gasteiger partial charge in [0.2, 0.25) is 0 Å². The summed E-state index contributed by atoms with van der Waals surface area (Å²) < 4.78 is 7.71. The van der Waals surface area contributed by atoms with E-state index in [4.69, 9.17) is 21.3 Å². The third kappa shape index (κ3) is 2.20. The van der Waals surface area contributed by atoms with Gasteiger partial charge in [0.25, 0.3) is 0 Å². The monoisotopic (exact) mass is 278 g/mol. The summed E-state index contributed by atoms with van der Waals surface area (Å²) >= 11 is 5.91. The van der Waals surface area contributed by atoms with Gasteiger partial charge in [-0.25, -0.2) is 4.98 Å². The third-order valence-electron chi connectivity index (χ3n) is 4.00. The summed E-state index contributed by atoms with van der Waals surface area (Å²) in [5, 5.41) is 0. The van der Waals surface area contributed by atoms with Gasteiger partial charge in [-0.1, -0.05) is 6.92 Å². The first kappa shape index (κ1) is 12.8. The number of aryl methyl sites for hydroxylation is 1. The van der Waals surface area contributed by atoms with Crippen molar-refractivity contribution >= 4 is 22.6 Å². The second-order valence-electron chi connectivity index (χ2n) is 5.42. The smallest absolute Gasteiger partial charge is 0.121 e. The Kier molecular flexibility index (Phi) is 3.40. The zero-order valence-electron chi connectivity index (χ0n) is 11.4. The molecule has 1 aliphatic rings. The number of imidazole rings is 1. The lowest BCUT2D eigenvalue weighted by atomic mass is 9.81. The minimum atomic E-state index is 0.574. The summed E-state index contributed by atoms with van der Waals surface area (Å²) in [5.41, 5.74) is 2.22. The molecule has 1 aromatic carbocycles. The van der Waals surface area contributed by atoms with E-state index in [1.807, 2.05) is 12.1 Å². The molecule has 3 nitrogen and oxygen atoms in total. The number of halogens is 1. The normalized spacial score (nSPS) is 22.5. The van der Waals surface area contributed by atoms with Gasteiger partial charge in [0.15, 0.2) is 0 Å². The molecule has 0 spiro atoms. The fourth-order valence-electron chi connectivity index (χ4n) is 2.99. The van der Waals surface area contributed by atoms with Gasteiger partial charge in [0.05, 0.1) is 18.1 Å². The van der Waals surface area contributed by atoms with Crippen LogP contribution in [-0.2, 0) is 6.42 Å². The summed E-state index contributed by atoms with van der Waals surface area (Å²) in [6.07, 6.45) is 3.29. The van der Waals surface area contributed by atoms with Gasteiger partial charge >= 0.3 is 0 Å². The molecule has 1 fully saturated rings. The van der Waals surface area contributed by atoms with E-state index in [2.05, 4.69) is 17.6 Å². The number of nitrogens with zero attached hydrogens (tertiary/aromatic N) is 2. The van der Waals surface area contributed by atoms with E-state index in [1.165, 1.54) is 18.4 Å². The highest BCUT2D eigenvalue weighted by Crippen LogP contribution is 2.40. The van der Waals surface area contributed by atoms with Crippen molar-refractivity contribution in [2.75, 3.05) is 13.0 Å². The zero-order valence-corrected chi connectivity index (χ0v) is 12.2. The number of alkyl halides is 1. The standard InChI is InChI=1S/C15H19ClN2O/c1-10-7-11(8-10)18-14-9-12(19-2)3-4-13(14)17-15(18)5-6-16/h3-4,9-11H,5-8H2,1-2H3. The number of methoxy groups -OCH3 is 1. The first-order valence-electron chi connectivity index (χ1n) is 6.83. The minimum Gasteiger partial charge on any atom is -0.497 e. The maximum atomic E-state index is 5.91. The molecule has 0 amide bonds. The zero-order chi connectivity index (χ0) is 13.4. The second-order valence-corrected chi connectivity index (χ2v) is 5.80. The average molecular weight is 279 g/mol. The lowest BCUT2D eigenvalue weighted by Gasteiger charge is -2.35. The highest BCUT2D eigenvalue weighted by atomic mass is 35.5. The minimum absolute atomic E-state index is 0.574. The molecule has 1 saturated carbocycles. The van der Waals surface area contributed by atoms with Crippen molar-refractivity contribution in [1.82, 2.24) is 9.55 Å². The van der Waals surface area contributed by atoms with Crippen LogP contribution in [-0.4, -0.2) is 22.5 Å². The third-order valence-corrected chi connectivity index (χ3v) is 4.19. The molecular weight excluding hydrogens is 260 g/mol. The maximum absolute atomic E-state index is 5.91. The molecule has 0 atom stereocenters. The van der Waals surface area contributed by atoms with E-state index >= 15 is 0 Å². The number of hydrogen-bond donors (Lipinski definition) is 0. The molecule has 2 aromatic rings. The molecule has 0 bridgehead atoms. The first-order chi connectivity index (χ1) is 9.22. The number of rotatable bonds is 4. The highest BCUT2D eigenvalue weighted by molar-refractivity contribution is 6.17. The molecule has 102 valence electrons. The largest absolute Gasteiger partial charge is 0.497 e. The molecule has 3 rings (SSSR count). The quantitative estimate of drug-likeness (QED) is 0.796. The van der Waals surface area contributed by atoms with E-state index < -0.39 is 0 Å². The number of fused-ring (bicyclic) bond motifs is 1. The van der Waals surface area contributed by atoms with Crippen molar-refractivity contribution in [2.45, 2.75) is 32.2 Å². The van der Waals surface area contributed by atoms with E-state index in [1.54, 1.807) is 7.11 Å². The Morgan fingerprint density at radius 2 is 2.21 bits per heavy atom. The van der Waals surface area contributed by atoms with Gasteiger partial charge in [-0.05, 0) is 30.9 Å². The second kappa shape index (κ2) is 5.04. The molecule has 1 aliphatic carbocycles. The molecule has 1 heterocycles. The van der Waals surface area contributed by atoms with Crippen LogP contribution in [0.5, 0.6) is 5.75 Å². The Labute approximate surface area is 118 Å². The summed E-state index contributed by atoms with van der Waals surface area (Å²) in [6, 6.07) is 6.66. The molecule has 0 N–H and O–H groups in total. The van der Waals surface area contributed by atoms with Crippen LogP contribution < -0.4 is 4.74 Å². The summed E-state index contributed by atoms with van der Waals surface area (Å²) in [4.78, 5) is 4.73.